The fourth-order valence-electron chi connectivity index (χ4n) is 0.819. The third-order valence-corrected chi connectivity index (χ3v) is 1.51. The van der Waals surface area contributed by atoms with Gasteiger partial charge in [-0.05, 0) is 13.3 Å². The molecular weight excluding hydrogens is 194 g/mol. The molecule has 0 aromatic heterocycles. The molecule has 0 saturated carbocycles. The molecule has 0 rings (SSSR count). The van der Waals surface area contributed by atoms with E-state index in [2.05, 4.69) is 5.32 Å². The average molecular weight is 217 g/mol. The van der Waals surface area contributed by atoms with E-state index in [9.17, 15) is 9.59 Å². The molecule has 0 unspecified atom stereocenters. The maximum absolute atomic E-state index is 10.8. The van der Waals surface area contributed by atoms with Gasteiger partial charge in [0.05, 0.1) is 6.61 Å². The monoisotopic (exact) mass is 217 g/mol. The predicted octanol–water partition coefficient (Wildman–Crippen LogP) is 1.88. The van der Waals surface area contributed by atoms with E-state index in [1.807, 2.05) is 13.8 Å². The van der Waals surface area contributed by atoms with Crippen LogP contribution >= 0.6 is 0 Å². The first-order valence-corrected chi connectivity index (χ1v) is 5.63. The van der Waals surface area contributed by atoms with Crippen LogP contribution in [0.5, 0.6) is 0 Å². The largest absolute Gasteiger partial charge is 0.466 e. The van der Waals surface area contributed by atoms with E-state index >= 15 is 0 Å². The maximum atomic E-state index is 10.8. The van der Waals surface area contributed by atoms with Gasteiger partial charge in [-0.1, -0.05) is 20.8 Å². The Hall–Kier alpha value is -1.06. The molecule has 0 aromatic carbocycles. The van der Waals surface area contributed by atoms with Gasteiger partial charge in [0, 0.05) is 19.4 Å². The summed E-state index contributed by atoms with van der Waals surface area (Å²) in [5, 5.41) is 2.68. The number of carbonyl (C=O) groups is 2. The highest BCUT2D eigenvalue weighted by molar-refractivity contribution is 5.75. The first kappa shape index (κ1) is 16.4. The fraction of sp³-hybridized carbons (Fsp3) is 0.818. The minimum Gasteiger partial charge on any atom is -0.466 e. The van der Waals surface area contributed by atoms with Crippen LogP contribution in [0.15, 0.2) is 0 Å². The number of carbonyl (C=O) groups excluding carboxylic acids is 2. The molecule has 0 aliphatic carbocycles. The molecule has 4 nitrogen and oxygen atoms in total. The van der Waals surface area contributed by atoms with Gasteiger partial charge in [0.1, 0.15) is 0 Å². The molecule has 0 fully saturated rings. The van der Waals surface area contributed by atoms with Gasteiger partial charge in [-0.15, -0.1) is 0 Å². The Kier molecular flexibility index (Phi) is 14.1. The van der Waals surface area contributed by atoms with E-state index in [-0.39, 0.29) is 11.9 Å². The van der Waals surface area contributed by atoms with Crippen molar-refractivity contribution in [2.45, 2.75) is 47.0 Å². The van der Waals surface area contributed by atoms with Crippen molar-refractivity contribution in [3.63, 3.8) is 0 Å². The standard InChI is InChI=1S/C9H17NO3.C2H6/c1-3-8(11)10-7-5-6-9(12)13-4-2;1-2/h3-7H2,1-2H3,(H,10,11);1-2H3. The molecule has 0 heterocycles. The van der Waals surface area contributed by atoms with Crippen molar-refractivity contribution < 1.29 is 14.3 Å². The van der Waals surface area contributed by atoms with Gasteiger partial charge in [0.25, 0.3) is 0 Å². The average Bonchev–Trinajstić information content (AvgIpc) is 2.27. The molecule has 0 spiro atoms. The molecule has 0 aliphatic heterocycles. The van der Waals surface area contributed by atoms with Crippen LogP contribution in [0.3, 0.4) is 0 Å². The van der Waals surface area contributed by atoms with Gasteiger partial charge in [-0.3, -0.25) is 9.59 Å². The molecule has 0 aliphatic rings. The Bertz CT molecular complexity index is 169. The molecule has 0 saturated heterocycles. The zero-order chi connectivity index (χ0) is 12.1. The second-order valence-electron chi connectivity index (χ2n) is 2.61. The molecule has 1 amide bonds. The van der Waals surface area contributed by atoms with Crippen molar-refractivity contribution >= 4 is 11.9 Å². The Balaban J connectivity index is 0. The quantitative estimate of drug-likeness (QED) is 0.546. The molecule has 0 bridgehead atoms. The molecule has 90 valence electrons. The highest BCUT2D eigenvalue weighted by Crippen LogP contribution is 1.91. The summed E-state index contributed by atoms with van der Waals surface area (Å²) in [4.78, 5) is 21.6. The summed E-state index contributed by atoms with van der Waals surface area (Å²) in [6.45, 7) is 8.53. The van der Waals surface area contributed by atoms with Crippen molar-refractivity contribution in [3.8, 4) is 0 Å². The Morgan fingerprint density at radius 2 is 1.80 bits per heavy atom. The molecule has 4 heteroatoms. The SMILES string of the molecule is CC.CCOC(=O)CCCNC(=O)CC. The van der Waals surface area contributed by atoms with Crippen molar-refractivity contribution in [2.24, 2.45) is 0 Å². The smallest absolute Gasteiger partial charge is 0.305 e. The van der Waals surface area contributed by atoms with Crippen molar-refractivity contribution in [1.82, 2.24) is 5.32 Å². The summed E-state index contributed by atoms with van der Waals surface area (Å²) in [6.07, 6.45) is 1.50. The number of esters is 1. The first-order valence-electron chi connectivity index (χ1n) is 5.63. The third kappa shape index (κ3) is 12.9. The van der Waals surface area contributed by atoms with Gasteiger partial charge >= 0.3 is 5.97 Å². The molecular formula is C11H23NO3. The molecule has 1 N–H and O–H groups in total. The van der Waals surface area contributed by atoms with Crippen molar-refractivity contribution in [2.75, 3.05) is 13.2 Å². The summed E-state index contributed by atoms with van der Waals surface area (Å²) in [5.41, 5.74) is 0. The van der Waals surface area contributed by atoms with E-state index in [1.54, 1.807) is 13.8 Å². The number of ether oxygens (including phenoxy) is 1. The van der Waals surface area contributed by atoms with Crippen LogP contribution in [0.25, 0.3) is 0 Å². The van der Waals surface area contributed by atoms with Crippen LogP contribution in [0.4, 0.5) is 0 Å². The van der Waals surface area contributed by atoms with Crippen LogP contribution < -0.4 is 5.32 Å². The molecule has 0 atom stereocenters. The summed E-state index contributed by atoms with van der Waals surface area (Å²) in [7, 11) is 0. The minimum atomic E-state index is -0.201. The lowest BCUT2D eigenvalue weighted by atomic mass is 10.3. The van der Waals surface area contributed by atoms with Crippen molar-refractivity contribution in [3.05, 3.63) is 0 Å². The van der Waals surface area contributed by atoms with E-state index in [1.165, 1.54) is 0 Å². The molecule has 0 radical (unpaired) electrons. The van der Waals surface area contributed by atoms with E-state index in [0.717, 1.165) is 0 Å². The van der Waals surface area contributed by atoms with Gasteiger partial charge in [-0.2, -0.15) is 0 Å². The van der Waals surface area contributed by atoms with Crippen molar-refractivity contribution in [1.29, 1.82) is 0 Å². The number of hydrogen-bond acceptors (Lipinski definition) is 3. The lowest BCUT2D eigenvalue weighted by molar-refractivity contribution is -0.143. The first-order chi connectivity index (χ1) is 7.20. The summed E-state index contributed by atoms with van der Waals surface area (Å²) >= 11 is 0. The van der Waals surface area contributed by atoms with Gasteiger partial charge in [-0.25, -0.2) is 0 Å². The zero-order valence-corrected chi connectivity index (χ0v) is 10.3. The second kappa shape index (κ2) is 12.9. The number of hydrogen-bond donors (Lipinski definition) is 1. The van der Waals surface area contributed by atoms with Crippen LogP contribution in [-0.2, 0) is 14.3 Å². The summed E-state index contributed by atoms with van der Waals surface area (Å²) in [6, 6.07) is 0. The van der Waals surface area contributed by atoms with Gasteiger partial charge in [0.2, 0.25) is 5.91 Å². The zero-order valence-electron chi connectivity index (χ0n) is 10.3. The third-order valence-electron chi connectivity index (χ3n) is 1.51. The van der Waals surface area contributed by atoms with Crippen LogP contribution in [-0.4, -0.2) is 25.0 Å². The van der Waals surface area contributed by atoms with Crippen LogP contribution in [0.1, 0.15) is 47.0 Å². The Morgan fingerprint density at radius 3 is 2.27 bits per heavy atom. The Morgan fingerprint density at radius 1 is 1.20 bits per heavy atom. The summed E-state index contributed by atoms with van der Waals surface area (Å²) in [5.74, 6) is -0.183. The minimum absolute atomic E-state index is 0.0175. The highest BCUT2D eigenvalue weighted by atomic mass is 16.5. The normalized spacial score (nSPS) is 8.53. The number of rotatable bonds is 6. The number of nitrogens with one attached hydrogen (secondary N) is 1. The summed E-state index contributed by atoms with van der Waals surface area (Å²) < 4.78 is 4.72. The second-order valence-corrected chi connectivity index (χ2v) is 2.61. The van der Waals surface area contributed by atoms with Crippen LogP contribution in [0, 0.1) is 0 Å². The lowest BCUT2D eigenvalue weighted by Crippen LogP contribution is -2.23. The lowest BCUT2D eigenvalue weighted by Gasteiger charge is -2.03. The van der Waals surface area contributed by atoms with Crippen LogP contribution in [0.2, 0.25) is 0 Å². The Labute approximate surface area is 92.4 Å². The fourth-order valence-corrected chi connectivity index (χ4v) is 0.819. The maximum Gasteiger partial charge on any atom is 0.305 e. The van der Waals surface area contributed by atoms with E-state index < -0.39 is 0 Å². The molecule has 0 aromatic rings. The van der Waals surface area contributed by atoms with E-state index in [4.69, 9.17) is 4.74 Å². The molecule has 15 heavy (non-hydrogen) atoms. The highest BCUT2D eigenvalue weighted by Gasteiger charge is 2.01. The van der Waals surface area contributed by atoms with E-state index in [0.29, 0.717) is 32.4 Å². The topological polar surface area (TPSA) is 55.4 Å². The predicted molar refractivity (Wildman–Crippen MR) is 60.5 cm³/mol. The van der Waals surface area contributed by atoms with Gasteiger partial charge < -0.3 is 10.1 Å². The number of amides is 1. The van der Waals surface area contributed by atoms with Gasteiger partial charge in [0.15, 0.2) is 0 Å².